The fraction of sp³-hybridized carbons (Fsp3) is 0.333. The molecule has 0 fully saturated rings. The summed E-state index contributed by atoms with van der Waals surface area (Å²) >= 11 is 0. The third kappa shape index (κ3) is 1.40. The summed E-state index contributed by atoms with van der Waals surface area (Å²) in [5.41, 5.74) is 7.66. The number of hydrogen-bond acceptors (Lipinski definition) is 3. The van der Waals surface area contributed by atoms with E-state index in [2.05, 4.69) is 10.1 Å². The maximum Gasteiger partial charge on any atom is 0.146 e. The predicted octanol–water partition coefficient (Wildman–Crippen LogP) is 0.539. The van der Waals surface area contributed by atoms with Crippen LogP contribution in [0.4, 0.5) is 0 Å². The molecule has 0 bridgehead atoms. The molecule has 0 aromatic carbocycles. The van der Waals surface area contributed by atoms with Crippen LogP contribution < -0.4 is 5.73 Å². The van der Waals surface area contributed by atoms with Gasteiger partial charge >= 0.3 is 0 Å². The van der Waals surface area contributed by atoms with Gasteiger partial charge in [-0.2, -0.15) is 5.10 Å². The molecule has 0 saturated carbocycles. The summed E-state index contributed by atoms with van der Waals surface area (Å²) < 4.78 is 1.90. The van der Waals surface area contributed by atoms with Crippen molar-refractivity contribution in [1.29, 1.82) is 0 Å². The lowest BCUT2D eigenvalue weighted by Gasteiger charge is -1.99. The molecule has 0 aliphatic heterocycles. The molecule has 0 unspecified atom stereocenters. The van der Waals surface area contributed by atoms with E-state index in [1.165, 1.54) is 0 Å². The lowest BCUT2D eigenvalue weighted by Crippen LogP contribution is -2.07. The molecule has 2 rings (SSSR count). The Hall–Kier alpha value is -1.42. The summed E-state index contributed by atoms with van der Waals surface area (Å²) in [7, 11) is 0. The molecule has 4 nitrogen and oxygen atoms in total. The molecule has 2 N–H and O–H groups in total. The molecule has 0 atom stereocenters. The van der Waals surface area contributed by atoms with E-state index >= 15 is 0 Å². The summed E-state index contributed by atoms with van der Waals surface area (Å²) in [4.78, 5) is 4.12. The minimum atomic E-state index is 0.648. The van der Waals surface area contributed by atoms with Crippen LogP contribution >= 0.6 is 0 Å². The lowest BCUT2D eigenvalue weighted by molar-refractivity contribution is 0.788. The number of hydrogen-bond donors (Lipinski definition) is 1. The molecule has 68 valence electrons. The highest BCUT2D eigenvalue weighted by molar-refractivity contribution is 5.46. The Kier molecular flexibility index (Phi) is 1.98. The van der Waals surface area contributed by atoms with E-state index < -0.39 is 0 Å². The first-order valence-electron chi connectivity index (χ1n) is 4.31. The monoisotopic (exact) mass is 176 g/mol. The molecule has 0 spiro atoms. The molecule has 0 amide bonds. The van der Waals surface area contributed by atoms with E-state index in [4.69, 9.17) is 5.73 Å². The first-order valence-corrected chi connectivity index (χ1v) is 4.31. The number of aromatic nitrogens is 3. The van der Waals surface area contributed by atoms with Crippen molar-refractivity contribution in [3.63, 3.8) is 0 Å². The molecular formula is C9H12N4. The maximum atomic E-state index is 5.49. The van der Waals surface area contributed by atoms with Gasteiger partial charge in [-0.15, -0.1) is 0 Å². The standard InChI is InChI=1S/C9H12N4/c1-7-11-6-9-3-2-8(4-5-10)13(9)12-7/h2-3,6H,4-5,10H2,1H3. The van der Waals surface area contributed by atoms with E-state index in [0.29, 0.717) is 6.54 Å². The predicted molar refractivity (Wildman–Crippen MR) is 50.5 cm³/mol. The highest BCUT2D eigenvalue weighted by Gasteiger charge is 2.01. The van der Waals surface area contributed by atoms with Crippen LogP contribution in [-0.4, -0.2) is 21.1 Å². The van der Waals surface area contributed by atoms with Crippen LogP contribution in [0.3, 0.4) is 0 Å². The molecule has 0 saturated heterocycles. The number of nitrogens with zero attached hydrogens (tertiary/aromatic N) is 3. The molecule has 0 aliphatic carbocycles. The molecule has 13 heavy (non-hydrogen) atoms. The van der Waals surface area contributed by atoms with Gasteiger partial charge in [-0.1, -0.05) is 0 Å². The number of fused-ring (bicyclic) bond motifs is 1. The number of rotatable bonds is 2. The maximum absolute atomic E-state index is 5.49. The van der Waals surface area contributed by atoms with Gasteiger partial charge in [0.25, 0.3) is 0 Å². The average Bonchev–Trinajstić information content (AvgIpc) is 2.49. The molecule has 2 aromatic rings. The van der Waals surface area contributed by atoms with Crippen molar-refractivity contribution in [3.05, 3.63) is 29.8 Å². The van der Waals surface area contributed by atoms with Crippen molar-refractivity contribution in [2.75, 3.05) is 6.54 Å². The Morgan fingerprint density at radius 1 is 1.46 bits per heavy atom. The summed E-state index contributed by atoms with van der Waals surface area (Å²) in [6.45, 7) is 2.53. The van der Waals surface area contributed by atoms with Crippen molar-refractivity contribution < 1.29 is 0 Å². The van der Waals surface area contributed by atoms with E-state index in [0.717, 1.165) is 23.5 Å². The van der Waals surface area contributed by atoms with Crippen molar-refractivity contribution in [2.45, 2.75) is 13.3 Å². The second kappa shape index (κ2) is 3.14. The van der Waals surface area contributed by atoms with Gasteiger partial charge in [-0.25, -0.2) is 9.50 Å². The quantitative estimate of drug-likeness (QED) is 0.726. The number of aryl methyl sites for hydroxylation is 1. The van der Waals surface area contributed by atoms with Gasteiger partial charge in [-0.05, 0) is 25.6 Å². The molecule has 0 radical (unpaired) electrons. The largest absolute Gasteiger partial charge is 0.330 e. The van der Waals surface area contributed by atoms with Gasteiger partial charge in [0.05, 0.1) is 11.7 Å². The zero-order valence-electron chi connectivity index (χ0n) is 7.57. The Labute approximate surface area is 76.4 Å². The molecule has 4 heteroatoms. The minimum Gasteiger partial charge on any atom is -0.330 e. The van der Waals surface area contributed by atoms with Crippen molar-refractivity contribution in [2.24, 2.45) is 5.73 Å². The average molecular weight is 176 g/mol. The molecule has 0 aliphatic rings. The van der Waals surface area contributed by atoms with Crippen molar-refractivity contribution in [1.82, 2.24) is 14.6 Å². The Bertz CT molecular complexity index is 418. The fourth-order valence-electron chi connectivity index (χ4n) is 1.38. The molecule has 2 heterocycles. The molecular weight excluding hydrogens is 164 g/mol. The molecule has 2 aromatic heterocycles. The summed E-state index contributed by atoms with van der Waals surface area (Å²) in [6, 6.07) is 4.04. The summed E-state index contributed by atoms with van der Waals surface area (Å²) in [5.74, 6) is 0.780. The zero-order valence-corrected chi connectivity index (χ0v) is 7.57. The highest BCUT2D eigenvalue weighted by atomic mass is 15.2. The first-order chi connectivity index (χ1) is 6.31. The Morgan fingerprint density at radius 2 is 2.31 bits per heavy atom. The second-order valence-corrected chi connectivity index (χ2v) is 3.01. The number of nitrogens with two attached hydrogens (primary N) is 1. The van der Waals surface area contributed by atoms with Gasteiger partial charge in [0.1, 0.15) is 5.82 Å². The van der Waals surface area contributed by atoms with Crippen LogP contribution in [0.2, 0.25) is 0 Å². The van der Waals surface area contributed by atoms with Crippen LogP contribution in [0.5, 0.6) is 0 Å². The topological polar surface area (TPSA) is 56.2 Å². The Balaban J connectivity index is 2.58. The third-order valence-corrected chi connectivity index (χ3v) is 1.99. The third-order valence-electron chi connectivity index (χ3n) is 1.99. The second-order valence-electron chi connectivity index (χ2n) is 3.01. The zero-order chi connectivity index (χ0) is 9.26. The van der Waals surface area contributed by atoms with Gasteiger partial charge in [0.2, 0.25) is 0 Å². The van der Waals surface area contributed by atoms with Gasteiger partial charge in [0.15, 0.2) is 0 Å². The van der Waals surface area contributed by atoms with E-state index in [-0.39, 0.29) is 0 Å². The summed E-state index contributed by atoms with van der Waals surface area (Å²) in [6.07, 6.45) is 2.67. The Morgan fingerprint density at radius 3 is 3.08 bits per heavy atom. The highest BCUT2D eigenvalue weighted by Crippen LogP contribution is 2.07. The van der Waals surface area contributed by atoms with Crippen molar-refractivity contribution >= 4 is 5.52 Å². The van der Waals surface area contributed by atoms with Crippen LogP contribution in [-0.2, 0) is 6.42 Å². The van der Waals surface area contributed by atoms with Crippen molar-refractivity contribution in [3.8, 4) is 0 Å². The SMILES string of the molecule is Cc1ncc2ccc(CCN)n2n1. The summed E-state index contributed by atoms with van der Waals surface area (Å²) in [5, 5.41) is 4.30. The van der Waals surface area contributed by atoms with Gasteiger partial charge in [0, 0.05) is 12.1 Å². The van der Waals surface area contributed by atoms with Crippen LogP contribution in [0.15, 0.2) is 18.3 Å². The van der Waals surface area contributed by atoms with Crippen LogP contribution in [0.1, 0.15) is 11.5 Å². The fourth-order valence-corrected chi connectivity index (χ4v) is 1.38. The van der Waals surface area contributed by atoms with Gasteiger partial charge < -0.3 is 5.73 Å². The normalized spacial score (nSPS) is 10.9. The van der Waals surface area contributed by atoms with Crippen LogP contribution in [0.25, 0.3) is 5.52 Å². The lowest BCUT2D eigenvalue weighted by atomic mass is 10.3. The van der Waals surface area contributed by atoms with Gasteiger partial charge in [-0.3, -0.25) is 0 Å². The van der Waals surface area contributed by atoms with Crippen LogP contribution in [0, 0.1) is 6.92 Å². The van der Waals surface area contributed by atoms with E-state index in [9.17, 15) is 0 Å². The smallest absolute Gasteiger partial charge is 0.146 e. The minimum absolute atomic E-state index is 0.648. The first kappa shape index (κ1) is 8.19. The van der Waals surface area contributed by atoms with E-state index in [1.807, 2.05) is 29.8 Å². The van der Waals surface area contributed by atoms with E-state index in [1.54, 1.807) is 0 Å².